The number of hydrogen-bond acceptors (Lipinski definition) is 5. The average Bonchev–Trinajstić information content (AvgIpc) is 2.62. The highest BCUT2D eigenvalue weighted by molar-refractivity contribution is 7.99. The maximum atomic E-state index is 12.7. The number of nitrogens with one attached hydrogen (secondary N) is 1. The lowest BCUT2D eigenvalue weighted by molar-refractivity contribution is -0.141. The number of benzene rings is 1. The first-order chi connectivity index (χ1) is 11.7. The van der Waals surface area contributed by atoms with Gasteiger partial charge in [0.05, 0.1) is 30.8 Å². The van der Waals surface area contributed by atoms with Crippen molar-refractivity contribution in [3.05, 3.63) is 36.5 Å². The molecule has 2 heterocycles. The Morgan fingerprint density at radius 2 is 2.21 bits per heavy atom. The number of para-hydroxylation sites is 1. The van der Waals surface area contributed by atoms with Crippen molar-refractivity contribution in [2.45, 2.75) is 12.5 Å². The van der Waals surface area contributed by atoms with Gasteiger partial charge in [-0.15, -0.1) is 0 Å². The second-order valence-corrected chi connectivity index (χ2v) is 6.66. The molecule has 1 unspecified atom stereocenters. The number of thioether (sulfide) groups is 1. The third-order valence-corrected chi connectivity index (χ3v) is 5.08. The summed E-state index contributed by atoms with van der Waals surface area (Å²) in [6, 6.07) is 9.13. The van der Waals surface area contributed by atoms with E-state index < -0.39 is 0 Å². The Morgan fingerprint density at radius 1 is 1.38 bits per heavy atom. The van der Waals surface area contributed by atoms with Crippen molar-refractivity contribution >= 4 is 40.4 Å². The normalized spacial score (nSPS) is 17.5. The number of rotatable bonds is 3. The van der Waals surface area contributed by atoms with Crippen molar-refractivity contribution in [1.82, 2.24) is 9.88 Å². The predicted molar refractivity (Wildman–Crippen MR) is 95.2 cm³/mol. The number of ether oxygens (including phenoxy) is 1. The van der Waals surface area contributed by atoms with Gasteiger partial charge in [-0.05, 0) is 12.1 Å². The molecule has 2 aromatic rings. The van der Waals surface area contributed by atoms with Gasteiger partial charge < -0.3 is 15.0 Å². The second kappa shape index (κ2) is 7.53. The zero-order chi connectivity index (χ0) is 16.9. The molecule has 2 amide bonds. The molecule has 3 rings (SSSR count). The van der Waals surface area contributed by atoms with Gasteiger partial charge >= 0.3 is 12.0 Å². The number of aromatic nitrogens is 1. The Balaban J connectivity index is 1.78. The summed E-state index contributed by atoms with van der Waals surface area (Å²) in [7, 11) is 1.37. The van der Waals surface area contributed by atoms with E-state index in [9.17, 15) is 9.59 Å². The van der Waals surface area contributed by atoms with E-state index in [0.717, 1.165) is 22.4 Å². The van der Waals surface area contributed by atoms with Crippen LogP contribution in [0, 0.1) is 0 Å². The van der Waals surface area contributed by atoms with Gasteiger partial charge in [-0.3, -0.25) is 9.78 Å². The Hall–Kier alpha value is -2.28. The minimum Gasteiger partial charge on any atom is -0.469 e. The van der Waals surface area contributed by atoms with Crippen LogP contribution in [-0.4, -0.2) is 53.1 Å². The summed E-state index contributed by atoms with van der Waals surface area (Å²) >= 11 is 1.74. The van der Waals surface area contributed by atoms with Gasteiger partial charge in [-0.1, -0.05) is 18.2 Å². The molecule has 24 heavy (non-hydrogen) atoms. The number of urea groups is 1. The number of methoxy groups -OCH3 is 1. The minimum absolute atomic E-state index is 0.154. The van der Waals surface area contributed by atoms with Gasteiger partial charge in [0, 0.05) is 29.6 Å². The average molecular weight is 345 g/mol. The van der Waals surface area contributed by atoms with Crippen molar-refractivity contribution in [3.63, 3.8) is 0 Å². The second-order valence-electron chi connectivity index (χ2n) is 5.51. The first-order valence-electron chi connectivity index (χ1n) is 7.75. The molecule has 1 atom stereocenters. The zero-order valence-electron chi connectivity index (χ0n) is 13.4. The smallest absolute Gasteiger partial charge is 0.322 e. The summed E-state index contributed by atoms with van der Waals surface area (Å²) in [5.41, 5.74) is 1.43. The Morgan fingerprint density at radius 3 is 3.04 bits per heavy atom. The number of carbonyl (C=O) groups excluding carboxylic acids is 2. The molecule has 1 N–H and O–H groups in total. The van der Waals surface area contributed by atoms with Crippen molar-refractivity contribution in [2.24, 2.45) is 0 Å². The highest BCUT2D eigenvalue weighted by atomic mass is 32.2. The Kier molecular flexibility index (Phi) is 5.20. The molecule has 6 nitrogen and oxygen atoms in total. The summed E-state index contributed by atoms with van der Waals surface area (Å²) in [6.07, 6.45) is 1.92. The summed E-state index contributed by atoms with van der Waals surface area (Å²) in [5.74, 6) is 1.29. The molecule has 0 spiro atoms. The van der Waals surface area contributed by atoms with Gasteiger partial charge in [-0.25, -0.2) is 4.79 Å². The van der Waals surface area contributed by atoms with Crippen LogP contribution in [0.5, 0.6) is 0 Å². The van der Waals surface area contributed by atoms with Crippen molar-refractivity contribution in [2.75, 3.05) is 30.5 Å². The summed E-state index contributed by atoms with van der Waals surface area (Å²) in [4.78, 5) is 30.4. The van der Waals surface area contributed by atoms with Gasteiger partial charge in [-0.2, -0.15) is 11.8 Å². The van der Waals surface area contributed by atoms with Crippen LogP contribution < -0.4 is 5.32 Å². The highest BCUT2D eigenvalue weighted by Gasteiger charge is 2.29. The molecule has 1 aliphatic heterocycles. The molecule has 1 fully saturated rings. The largest absolute Gasteiger partial charge is 0.469 e. The standard InChI is InChI=1S/C17H19N3O3S/c1-23-15(21)10-13-11-24-9-8-20(13)17(22)19-14-6-2-4-12-5-3-7-18-16(12)14/h2-7,13H,8-11H2,1H3,(H,19,22). The van der Waals surface area contributed by atoms with E-state index in [1.165, 1.54) is 7.11 Å². The molecule has 126 valence electrons. The first-order valence-corrected chi connectivity index (χ1v) is 8.90. The van der Waals surface area contributed by atoms with Gasteiger partial charge in [0.15, 0.2) is 0 Å². The van der Waals surface area contributed by atoms with E-state index in [0.29, 0.717) is 12.2 Å². The number of esters is 1. The van der Waals surface area contributed by atoms with Crippen LogP contribution in [0.4, 0.5) is 10.5 Å². The lowest BCUT2D eigenvalue weighted by atomic mass is 10.2. The molecule has 1 aromatic carbocycles. The van der Waals surface area contributed by atoms with Crippen LogP contribution in [0.15, 0.2) is 36.5 Å². The molecule has 0 bridgehead atoms. The summed E-state index contributed by atoms with van der Waals surface area (Å²) in [5, 5.41) is 3.91. The zero-order valence-corrected chi connectivity index (χ0v) is 14.2. The number of fused-ring (bicyclic) bond motifs is 1. The van der Waals surface area contributed by atoms with E-state index in [-0.39, 0.29) is 24.5 Å². The fraction of sp³-hybridized carbons (Fsp3) is 0.353. The van der Waals surface area contributed by atoms with E-state index >= 15 is 0 Å². The van der Waals surface area contributed by atoms with Crippen LogP contribution in [0.3, 0.4) is 0 Å². The number of anilines is 1. The summed E-state index contributed by atoms with van der Waals surface area (Å²) < 4.78 is 4.74. The van der Waals surface area contributed by atoms with Crippen LogP contribution in [0.1, 0.15) is 6.42 Å². The van der Waals surface area contributed by atoms with Gasteiger partial charge in [0.2, 0.25) is 0 Å². The van der Waals surface area contributed by atoms with Crippen molar-refractivity contribution in [3.8, 4) is 0 Å². The van der Waals surface area contributed by atoms with Crippen molar-refractivity contribution in [1.29, 1.82) is 0 Å². The van der Waals surface area contributed by atoms with Crippen LogP contribution in [-0.2, 0) is 9.53 Å². The number of amides is 2. The van der Waals surface area contributed by atoms with E-state index in [1.807, 2.05) is 30.3 Å². The first kappa shape index (κ1) is 16.6. The fourth-order valence-electron chi connectivity index (χ4n) is 2.76. The van der Waals surface area contributed by atoms with Crippen LogP contribution >= 0.6 is 11.8 Å². The van der Waals surface area contributed by atoms with Gasteiger partial charge in [0.1, 0.15) is 0 Å². The quantitative estimate of drug-likeness (QED) is 0.866. The molecule has 1 aromatic heterocycles. The topological polar surface area (TPSA) is 71.5 Å². The van der Waals surface area contributed by atoms with Crippen LogP contribution in [0.25, 0.3) is 10.9 Å². The fourth-order valence-corrected chi connectivity index (χ4v) is 3.82. The Labute approximate surface area is 144 Å². The molecule has 7 heteroatoms. The molecule has 1 aliphatic rings. The molecule has 0 saturated carbocycles. The minimum atomic E-state index is -0.299. The molecule has 0 radical (unpaired) electrons. The van der Waals surface area contributed by atoms with E-state index in [4.69, 9.17) is 4.74 Å². The maximum absolute atomic E-state index is 12.7. The molecular weight excluding hydrogens is 326 g/mol. The summed E-state index contributed by atoms with van der Waals surface area (Å²) in [6.45, 7) is 0.607. The van der Waals surface area contributed by atoms with Crippen molar-refractivity contribution < 1.29 is 14.3 Å². The Bertz CT molecular complexity index is 747. The third kappa shape index (κ3) is 3.62. The number of nitrogens with zero attached hydrogens (tertiary/aromatic N) is 2. The number of pyridine rings is 1. The number of hydrogen-bond donors (Lipinski definition) is 1. The maximum Gasteiger partial charge on any atom is 0.322 e. The van der Waals surface area contributed by atoms with E-state index in [2.05, 4.69) is 10.3 Å². The lowest BCUT2D eigenvalue weighted by Gasteiger charge is -2.34. The van der Waals surface area contributed by atoms with Crippen LogP contribution in [0.2, 0.25) is 0 Å². The molecule has 1 saturated heterocycles. The monoisotopic (exact) mass is 345 g/mol. The lowest BCUT2D eigenvalue weighted by Crippen LogP contribution is -2.49. The molecule has 0 aliphatic carbocycles. The predicted octanol–water partition coefficient (Wildman–Crippen LogP) is 2.75. The third-order valence-electron chi connectivity index (χ3n) is 3.99. The number of carbonyl (C=O) groups is 2. The van der Waals surface area contributed by atoms with Gasteiger partial charge in [0.25, 0.3) is 0 Å². The highest BCUT2D eigenvalue weighted by Crippen LogP contribution is 2.24. The molecular formula is C17H19N3O3S. The van der Waals surface area contributed by atoms with E-state index in [1.54, 1.807) is 22.9 Å². The SMILES string of the molecule is COC(=O)CC1CSCCN1C(=O)Nc1cccc2cccnc12.